The van der Waals surface area contributed by atoms with Crippen LogP contribution in [0.2, 0.25) is 0 Å². The molecule has 0 aromatic heterocycles. The number of benzene rings is 1. The van der Waals surface area contributed by atoms with Gasteiger partial charge in [0.05, 0.1) is 10.5 Å². The van der Waals surface area contributed by atoms with Gasteiger partial charge < -0.3 is 4.74 Å². The van der Waals surface area contributed by atoms with Crippen LogP contribution in [0.15, 0.2) is 23.1 Å². The molecule has 0 bridgehead atoms. The summed E-state index contributed by atoms with van der Waals surface area (Å²) in [6.07, 6.45) is 0. The number of aryl methyl sites for hydroxylation is 1. The van der Waals surface area contributed by atoms with Gasteiger partial charge >= 0.3 is 0 Å². The molecule has 1 aromatic carbocycles. The lowest BCUT2D eigenvalue weighted by atomic mass is 9.96. The molecular weight excluding hydrogens is 274 g/mol. The van der Waals surface area contributed by atoms with Crippen LogP contribution in [0, 0.1) is 6.92 Å². The molecule has 0 saturated heterocycles. The smallest absolute Gasteiger partial charge is 0.241 e. The van der Waals surface area contributed by atoms with Gasteiger partial charge in [0.15, 0.2) is 0 Å². The molecule has 0 heterocycles. The van der Waals surface area contributed by atoms with E-state index in [1.54, 1.807) is 19.2 Å². The standard InChI is InChI=1S/C15H25NO3S/c1-11-8-9-13(12(10-11)15(5,6)19-7)20(17,18)16-14(2,3)4/h8-10,16H,1-7H3. The summed E-state index contributed by atoms with van der Waals surface area (Å²) in [7, 11) is -2.01. The second kappa shape index (κ2) is 5.47. The van der Waals surface area contributed by atoms with Crippen molar-refractivity contribution in [3.05, 3.63) is 29.3 Å². The fraction of sp³-hybridized carbons (Fsp3) is 0.600. The number of nitrogens with one attached hydrogen (secondary N) is 1. The molecule has 4 nitrogen and oxygen atoms in total. The van der Waals surface area contributed by atoms with Gasteiger partial charge in [-0.1, -0.05) is 17.7 Å². The zero-order valence-electron chi connectivity index (χ0n) is 13.4. The molecule has 0 saturated carbocycles. The molecule has 0 spiro atoms. The second-order valence-electron chi connectivity index (χ2n) is 6.57. The van der Waals surface area contributed by atoms with Crippen molar-refractivity contribution in [2.45, 2.75) is 57.6 Å². The van der Waals surface area contributed by atoms with Gasteiger partial charge in [-0.15, -0.1) is 0 Å². The van der Waals surface area contributed by atoms with E-state index in [0.717, 1.165) is 5.56 Å². The van der Waals surface area contributed by atoms with Crippen molar-refractivity contribution in [1.82, 2.24) is 4.72 Å². The van der Waals surface area contributed by atoms with E-state index in [1.165, 1.54) is 0 Å². The van der Waals surface area contributed by atoms with Crippen molar-refractivity contribution < 1.29 is 13.2 Å². The summed E-state index contributed by atoms with van der Waals surface area (Å²) in [6, 6.07) is 5.30. The molecule has 1 N–H and O–H groups in total. The zero-order chi connectivity index (χ0) is 15.8. The molecule has 114 valence electrons. The predicted octanol–water partition coefficient (Wildman–Crippen LogP) is 2.95. The van der Waals surface area contributed by atoms with Gasteiger partial charge in [-0.2, -0.15) is 0 Å². The van der Waals surface area contributed by atoms with Crippen LogP contribution in [0.25, 0.3) is 0 Å². The summed E-state index contributed by atoms with van der Waals surface area (Å²) < 4.78 is 33.3. The van der Waals surface area contributed by atoms with Crippen LogP contribution >= 0.6 is 0 Å². The van der Waals surface area contributed by atoms with Crippen LogP contribution in [0.4, 0.5) is 0 Å². The summed E-state index contributed by atoms with van der Waals surface area (Å²) in [5, 5.41) is 0. The Kier molecular flexibility index (Phi) is 4.69. The van der Waals surface area contributed by atoms with E-state index in [0.29, 0.717) is 5.56 Å². The van der Waals surface area contributed by atoms with Crippen molar-refractivity contribution in [3.63, 3.8) is 0 Å². The normalized spacial score (nSPS) is 13.6. The van der Waals surface area contributed by atoms with Crippen molar-refractivity contribution in [1.29, 1.82) is 0 Å². The first-order valence-corrected chi connectivity index (χ1v) is 8.08. The highest BCUT2D eigenvalue weighted by Gasteiger charge is 2.31. The van der Waals surface area contributed by atoms with Crippen LogP contribution in [0.1, 0.15) is 45.7 Å². The number of hydrogen-bond donors (Lipinski definition) is 1. The van der Waals surface area contributed by atoms with E-state index in [2.05, 4.69) is 4.72 Å². The minimum absolute atomic E-state index is 0.268. The summed E-state index contributed by atoms with van der Waals surface area (Å²) in [5.41, 5.74) is 0.461. The first-order valence-electron chi connectivity index (χ1n) is 6.59. The molecule has 0 amide bonds. The SMILES string of the molecule is COC(C)(C)c1cc(C)ccc1S(=O)(=O)NC(C)(C)C. The molecule has 0 fully saturated rings. The molecule has 20 heavy (non-hydrogen) atoms. The Balaban J connectivity index is 3.47. The highest BCUT2D eigenvalue weighted by Crippen LogP contribution is 2.31. The Bertz CT molecular complexity index is 584. The maximum Gasteiger partial charge on any atom is 0.241 e. The maximum absolute atomic E-state index is 12.6. The molecule has 0 radical (unpaired) electrons. The van der Waals surface area contributed by atoms with E-state index in [-0.39, 0.29) is 4.90 Å². The average molecular weight is 299 g/mol. The van der Waals surface area contributed by atoms with Crippen molar-refractivity contribution in [2.24, 2.45) is 0 Å². The number of sulfonamides is 1. The van der Waals surface area contributed by atoms with Gasteiger partial charge in [-0.05, 0) is 47.6 Å². The minimum Gasteiger partial charge on any atom is -0.374 e. The van der Waals surface area contributed by atoms with Crippen molar-refractivity contribution >= 4 is 10.0 Å². The maximum atomic E-state index is 12.6. The Labute approximate surface area is 122 Å². The molecule has 0 unspecified atom stereocenters. The lowest BCUT2D eigenvalue weighted by Gasteiger charge is -2.28. The lowest BCUT2D eigenvalue weighted by Crippen LogP contribution is -2.41. The third-order valence-electron chi connectivity index (χ3n) is 3.02. The Hall–Kier alpha value is -0.910. The lowest BCUT2D eigenvalue weighted by molar-refractivity contribution is 0.0167. The zero-order valence-corrected chi connectivity index (χ0v) is 14.2. The Morgan fingerprint density at radius 3 is 2.10 bits per heavy atom. The predicted molar refractivity (Wildman–Crippen MR) is 81.3 cm³/mol. The fourth-order valence-electron chi connectivity index (χ4n) is 1.92. The van der Waals surface area contributed by atoms with E-state index in [1.807, 2.05) is 47.6 Å². The van der Waals surface area contributed by atoms with Gasteiger partial charge in [-0.25, -0.2) is 13.1 Å². The molecular formula is C15H25NO3S. The monoisotopic (exact) mass is 299 g/mol. The molecule has 0 aliphatic rings. The highest BCUT2D eigenvalue weighted by atomic mass is 32.2. The average Bonchev–Trinajstić information content (AvgIpc) is 2.25. The first kappa shape index (κ1) is 17.1. The third kappa shape index (κ3) is 4.04. The van der Waals surface area contributed by atoms with Crippen LogP contribution in [0.3, 0.4) is 0 Å². The molecule has 0 aliphatic heterocycles. The van der Waals surface area contributed by atoms with E-state index < -0.39 is 21.2 Å². The number of ether oxygens (including phenoxy) is 1. The number of methoxy groups -OCH3 is 1. The molecule has 5 heteroatoms. The van der Waals surface area contributed by atoms with Crippen molar-refractivity contribution in [2.75, 3.05) is 7.11 Å². The Morgan fingerprint density at radius 1 is 1.10 bits per heavy atom. The van der Waals surface area contributed by atoms with Crippen LogP contribution < -0.4 is 4.72 Å². The van der Waals surface area contributed by atoms with E-state index >= 15 is 0 Å². The van der Waals surface area contributed by atoms with Gasteiger partial charge in [0.2, 0.25) is 10.0 Å². The molecule has 0 atom stereocenters. The summed E-state index contributed by atoms with van der Waals surface area (Å²) in [6.45, 7) is 11.1. The van der Waals surface area contributed by atoms with E-state index in [4.69, 9.17) is 4.74 Å². The molecule has 1 aromatic rings. The third-order valence-corrected chi connectivity index (χ3v) is 4.84. The van der Waals surface area contributed by atoms with Gasteiger partial charge in [-0.3, -0.25) is 0 Å². The van der Waals surface area contributed by atoms with Gasteiger partial charge in [0.25, 0.3) is 0 Å². The molecule has 0 aliphatic carbocycles. The van der Waals surface area contributed by atoms with Gasteiger partial charge in [0.1, 0.15) is 0 Å². The Morgan fingerprint density at radius 2 is 1.65 bits per heavy atom. The summed E-state index contributed by atoms with van der Waals surface area (Å²) in [4.78, 5) is 0.268. The minimum atomic E-state index is -3.59. The first-order chi connectivity index (χ1) is 8.89. The largest absolute Gasteiger partial charge is 0.374 e. The van der Waals surface area contributed by atoms with Gasteiger partial charge in [0, 0.05) is 18.2 Å². The fourth-order valence-corrected chi connectivity index (χ4v) is 3.67. The quantitative estimate of drug-likeness (QED) is 0.930. The summed E-state index contributed by atoms with van der Waals surface area (Å²) in [5.74, 6) is 0. The second-order valence-corrected chi connectivity index (χ2v) is 8.22. The van der Waals surface area contributed by atoms with E-state index in [9.17, 15) is 8.42 Å². The topological polar surface area (TPSA) is 55.4 Å². The number of rotatable bonds is 4. The number of hydrogen-bond acceptors (Lipinski definition) is 3. The highest BCUT2D eigenvalue weighted by molar-refractivity contribution is 7.89. The molecule has 1 rings (SSSR count). The van der Waals surface area contributed by atoms with Crippen LogP contribution in [0.5, 0.6) is 0 Å². The van der Waals surface area contributed by atoms with Crippen molar-refractivity contribution in [3.8, 4) is 0 Å². The van der Waals surface area contributed by atoms with Crippen LogP contribution in [-0.2, 0) is 20.4 Å². The van der Waals surface area contributed by atoms with Crippen LogP contribution in [-0.4, -0.2) is 21.1 Å². The summed E-state index contributed by atoms with van der Waals surface area (Å²) >= 11 is 0.